The molecule has 1 amide bonds. The molecule has 150 valence electrons. The van der Waals surface area contributed by atoms with Crippen LogP contribution in [0.25, 0.3) is 0 Å². The molecule has 0 aromatic heterocycles. The van der Waals surface area contributed by atoms with Crippen LogP contribution < -0.4 is 14.8 Å². The highest BCUT2D eigenvalue weighted by atomic mass is 32.2. The number of methoxy groups -OCH3 is 1. The summed E-state index contributed by atoms with van der Waals surface area (Å²) in [4.78, 5) is 22.1. The number of ether oxygens (including phenoxy) is 1. The van der Waals surface area contributed by atoms with Gasteiger partial charge in [-0.1, -0.05) is 30.3 Å². The van der Waals surface area contributed by atoms with Crippen LogP contribution in [-0.2, 0) is 14.8 Å². The quantitative estimate of drug-likeness (QED) is 0.484. The van der Waals surface area contributed by atoms with Gasteiger partial charge in [-0.25, -0.2) is 13.1 Å². The normalized spacial score (nSPS) is 12.2. The Bertz CT molecular complexity index is 947. The number of benzene rings is 2. The third-order valence-corrected chi connectivity index (χ3v) is 5.44. The van der Waals surface area contributed by atoms with Gasteiger partial charge in [-0.05, 0) is 24.6 Å². The molecule has 0 bridgehead atoms. The molecule has 0 saturated heterocycles. The van der Waals surface area contributed by atoms with Gasteiger partial charge in [0.05, 0.1) is 23.0 Å². The van der Waals surface area contributed by atoms with Gasteiger partial charge in [-0.3, -0.25) is 14.9 Å². The lowest BCUT2D eigenvalue weighted by atomic mass is 10.1. The van der Waals surface area contributed by atoms with Crippen molar-refractivity contribution in [3.63, 3.8) is 0 Å². The highest BCUT2D eigenvalue weighted by Gasteiger charge is 2.22. The van der Waals surface area contributed by atoms with Crippen molar-refractivity contribution in [2.45, 2.75) is 24.3 Å². The Morgan fingerprint density at radius 3 is 2.50 bits per heavy atom. The smallest absolute Gasteiger partial charge is 0.312 e. The van der Waals surface area contributed by atoms with E-state index in [2.05, 4.69) is 10.0 Å². The van der Waals surface area contributed by atoms with Gasteiger partial charge in [0.25, 0.3) is 0 Å². The summed E-state index contributed by atoms with van der Waals surface area (Å²) in [5.41, 5.74) is 0.474. The average Bonchev–Trinajstić information content (AvgIpc) is 2.67. The number of carbonyl (C=O) groups is 1. The molecule has 2 aromatic carbocycles. The first kappa shape index (κ1) is 21.3. The minimum Gasteiger partial charge on any atom is -0.490 e. The maximum Gasteiger partial charge on any atom is 0.312 e. The van der Waals surface area contributed by atoms with Crippen LogP contribution >= 0.6 is 0 Å². The molecular weight excluding hydrogens is 386 g/mol. The second-order valence-electron chi connectivity index (χ2n) is 5.94. The molecule has 0 unspecified atom stereocenters. The fourth-order valence-electron chi connectivity index (χ4n) is 2.50. The van der Waals surface area contributed by atoms with Crippen molar-refractivity contribution in [3.05, 3.63) is 64.2 Å². The third-order valence-electron chi connectivity index (χ3n) is 3.98. The summed E-state index contributed by atoms with van der Waals surface area (Å²) in [6.07, 6.45) is -0.0748. The Balaban J connectivity index is 1.95. The van der Waals surface area contributed by atoms with E-state index >= 15 is 0 Å². The van der Waals surface area contributed by atoms with Crippen molar-refractivity contribution >= 4 is 21.6 Å². The van der Waals surface area contributed by atoms with Gasteiger partial charge in [0.2, 0.25) is 15.9 Å². The number of hydrogen-bond donors (Lipinski definition) is 2. The number of amides is 1. The maximum atomic E-state index is 12.3. The Hall–Kier alpha value is -2.98. The molecule has 0 aliphatic carbocycles. The molecule has 0 radical (unpaired) electrons. The van der Waals surface area contributed by atoms with E-state index in [0.717, 1.165) is 11.6 Å². The van der Waals surface area contributed by atoms with Gasteiger partial charge in [-0.15, -0.1) is 0 Å². The molecule has 0 aliphatic heterocycles. The largest absolute Gasteiger partial charge is 0.490 e. The predicted molar refractivity (Wildman–Crippen MR) is 102 cm³/mol. The first-order valence-corrected chi connectivity index (χ1v) is 9.89. The molecular formula is C18H21N3O6S. The van der Waals surface area contributed by atoms with Crippen molar-refractivity contribution in [1.29, 1.82) is 0 Å². The number of nitro groups is 1. The van der Waals surface area contributed by atoms with Crippen molar-refractivity contribution < 1.29 is 22.9 Å². The zero-order valence-electron chi connectivity index (χ0n) is 15.4. The molecule has 2 rings (SSSR count). The number of hydrogen-bond acceptors (Lipinski definition) is 6. The van der Waals surface area contributed by atoms with Crippen LogP contribution in [0.1, 0.15) is 24.9 Å². The van der Waals surface area contributed by atoms with E-state index in [1.807, 2.05) is 37.3 Å². The summed E-state index contributed by atoms with van der Waals surface area (Å²) in [7, 11) is -2.75. The van der Waals surface area contributed by atoms with Crippen molar-refractivity contribution in [2.24, 2.45) is 0 Å². The van der Waals surface area contributed by atoms with Crippen molar-refractivity contribution in [2.75, 3.05) is 13.7 Å². The molecule has 1 atom stereocenters. The Morgan fingerprint density at radius 1 is 1.21 bits per heavy atom. The van der Waals surface area contributed by atoms with Gasteiger partial charge >= 0.3 is 5.69 Å². The summed E-state index contributed by atoms with van der Waals surface area (Å²) in [5, 5.41) is 13.8. The zero-order valence-corrected chi connectivity index (χ0v) is 16.2. The molecule has 0 aliphatic rings. The van der Waals surface area contributed by atoms with Gasteiger partial charge in [0.1, 0.15) is 0 Å². The number of sulfonamides is 1. The number of carbonyl (C=O) groups excluding carboxylic acids is 1. The van der Waals surface area contributed by atoms with E-state index in [0.29, 0.717) is 0 Å². The first-order chi connectivity index (χ1) is 13.2. The van der Waals surface area contributed by atoms with Crippen LogP contribution in [0.15, 0.2) is 53.4 Å². The molecule has 0 saturated carbocycles. The van der Waals surface area contributed by atoms with Crippen LogP contribution in [0.2, 0.25) is 0 Å². The minimum atomic E-state index is -4.01. The maximum absolute atomic E-state index is 12.3. The number of nitrogens with zero attached hydrogens (tertiary/aromatic N) is 1. The van der Waals surface area contributed by atoms with E-state index in [9.17, 15) is 23.3 Å². The lowest BCUT2D eigenvalue weighted by molar-refractivity contribution is -0.386. The zero-order chi connectivity index (χ0) is 20.7. The number of nitro benzene ring substituents is 1. The molecule has 9 nitrogen and oxygen atoms in total. The molecule has 0 spiro atoms. The molecule has 0 fully saturated rings. The highest BCUT2D eigenvalue weighted by Crippen LogP contribution is 2.29. The Morgan fingerprint density at radius 2 is 1.89 bits per heavy atom. The standard InChI is InChI=1S/C18H21N3O6S/c1-13(14-6-4-3-5-7-14)20-18(22)10-11-19-28(25,26)15-8-9-17(27-2)16(12-15)21(23)24/h3-9,12-13,19H,10-11H2,1-2H3,(H,20,22)/t13-/m1/s1. The van der Waals surface area contributed by atoms with Crippen LogP contribution in [0, 0.1) is 10.1 Å². The van der Waals surface area contributed by atoms with Crippen molar-refractivity contribution in [3.8, 4) is 5.75 Å². The second-order valence-corrected chi connectivity index (χ2v) is 7.71. The molecule has 28 heavy (non-hydrogen) atoms. The molecule has 0 heterocycles. The highest BCUT2D eigenvalue weighted by molar-refractivity contribution is 7.89. The summed E-state index contributed by atoms with van der Waals surface area (Å²) < 4.78 is 31.8. The summed E-state index contributed by atoms with van der Waals surface area (Å²) in [6.45, 7) is 1.68. The topological polar surface area (TPSA) is 128 Å². The van der Waals surface area contributed by atoms with Crippen LogP contribution in [0.3, 0.4) is 0 Å². The first-order valence-electron chi connectivity index (χ1n) is 8.41. The third kappa shape index (κ3) is 5.51. The van der Waals surface area contributed by atoms with E-state index in [1.54, 1.807) is 0 Å². The van der Waals surface area contributed by atoms with Gasteiger partial charge in [0.15, 0.2) is 5.75 Å². The lowest BCUT2D eigenvalue weighted by Crippen LogP contribution is -2.32. The molecule has 2 N–H and O–H groups in total. The second kappa shape index (κ2) is 9.29. The average molecular weight is 407 g/mol. The van der Waals surface area contributed by atoms with E-state index in [4.69, 9.17) is 4.74 Å². The monoisotopic (exact) mass is 407 g/mol. The minimum absolute atomic E-state index is 0.0433. The lowest BCUT2D eigenvalue weighted by Gasteiger charge is -2.14. The van der Waals surface area contributed by atoms with E-state index in [1.165, 1.54) is 19.2 Å². The predicted octanol–water partition coefficient (Wildman–Crippen LogP) is 2.15. The van der Waals surface area contributed by atoms with Gasteiger partial charge in [0, 0.05) is 19.0 Å². The summed E-state index contributed by atoms with van der Waals surface area (Å²) >= 11 is 0. The van der Waals surface area contributed by atoms with Crippen LogP contribution in [0.4, 0.5) is 5.69 Å². The number of rotatable bonds is 9. The van der Waals surface area contributed by atoms with E-state index < -0.39 is 20.6 Å². The molecule has 2 aromatic rings. The fraction of sp³-hybridized carbons (Fsp3) is 0.278. The van der Waals surface area contributed by atoms with Crippen molar-refractivity contribution in [1.82, 2.24) is 10.0 Å². The van der Waals surface area contributed by atoms with Crippen LogP contribution in [0.5, 0.6) is 5.75 Å². The van der Waals surface area contributed by atoms with Gasteiger partial charge < -0.3 is 10.1 Å². The fourth-order valence-corrected chi connectivity index (χ4v) is 3.55. The summed E-state index contributed by atoms with van der Waals surface area (Å²) in [5.74, 6) is -0.363. The van der Waals surface area contributed by atoms with E-state index in [-0.39, 0.29) is 35.6 Å². The Labute approximate surface area is 162 Å². The number of nitrogens with one attached hydrogen (secondary N) is 2. The molecule has 10 heteroatoms. The van der Waals surface area contributed by atoms with Gasteiger partial charge in [-0.2, -0.15) is 0 Å². The van der Waals surface area contributed by atoms with Crippen LogP contribution in [-0.4, -0.2) is 32.9 Å². The SMILES string of the molecule is COc1ccc(S(=O)(=O)NCCC(=O)N[C@H](C)c2ccccc2)cc1[N+](=O)[O-]. The summed E-state index contributed by atoms with van der Waals surface area (Å²) in [6, 6.07) is 12.5. The Kier molecular flexibility index (Phi) is 7.07.